The third-order valence-electron chi connectivity index (χ3n) is 2.82. The summed E-state index contributed by atoms with van der Waals surface area (Å²) < 4.78 is 39.9. The zero-order chi connectivity index (χ0) is 14.6. The van der Waals surface area contributed by atoms with E-state index in [0.717, 1.165) is 18.4 Å². The lowest BCUT2D eigenvalue weighted by atomic mass is 10.0. The predicted octanol–water partition coefficient (Wildman–Crippen LogP) is 4.28. The highest BCUT2D eigenvalue weighted by Gasteiger charge is 2.30. The van der Waals surface area contributed by atoms with Gasteiger partial charge in [0, 0.05) is 10.9 Å². The highest BCUT2D eigenvalue weighted by atomic mass is 32.1. The molecule has 20 heavy (non-hydrogen) atoms. The zero-order valence-electron chi connectivity index (χ0n) is 10.6. The van der Waals surface area contributed by atoms with Gasteiger partial charge in [-0.1, -0.05) is 18.2 Å². The van der Waals surface area contributed by atoms with Crippen LogP contribution >= 0.6 is 11.3 Å². The second-order valence-corrected chi connectivity index (χ2v) is 5.37. The zero-order valence-corrected chi connectivity index (χ0v) is 11.4. The molecule has 2 nitrogen and oxygen atoms in total. The van der Waals surface area contributed by atoms with Crippen LogP contribution < -0.4 is 10.5 Å². The Morgan fingerprint density at radius 2 is 1.85 bits per heavy atom. The van der Waals surface area contributed by atoms with Gasteiger partial charge < -0.3 is 10.5 Å². The Morgan fingerprint density at radius 3 is 2.40 bits per heavy atom. The number of alkyl halides is 3. The van der Waals surface area contributed by atoms with Gasteiger partial charge in [-0.25, -0.2) is 0 Å². The van der Waals surface area contributed by atoms with Crippen molar-refractivity contribution in [1.82, 2.24) is 0 Å². The number of nitrogens with two attached hydrogens (primary N) is 1. The largest absolute Gasteiger partial charge is 0.573 e. The first kappa shape index (κ1) is 14.9. The molecule has 1 unspecified atom stereocenters. The second kappa shape index (κ2) is 6.28. The van der Waals surface area contributed by atoms with Crippen LogP contribution in [0.4, 0.5) is 13.2 Å². The summed E-state index contributed by atoms with van der Waals surface area (Å²) in [6.07, 6.45) is -3.05. The van der Waals surface area contributed by atoms with Gasteiger partial charge >= 0.3 is 6.36 Å². The Kier molecular flexibility index (Phi) is 4.67. The van der Waals surface area contributed by atoms with E-state index in [-0.39, 0.29) is 11.8 Å². The van der Waals surface area contributed by atoms with Gasteiger partial charge in [0.15, 0.2) is 0 Å². The van der Waals surface area contributed by atoms with E-state index in [0.29, 0.717) is 0 Å². The number of hydrogen-bond acceptors (Lipinski definition) is 3. The average molecular weight is 301 g/mol. The quantitative estimate of drug-likeness (QED) is 0.894. The van der Waals surface area contributed by atoms with Gasteiger partial charge in [0.2, 0.25) is 0 Å². The molecule has 0 bridgehead atoms. The standard InChI is InChI=1S/C14H14F3NOS/c15-14(16,17)19-11-5-3-10(4-6-11)13(18)8-7-12-2-1-9-20-12/h1-6,9,13H,7-8,18H2. The molecule has 6 heteroatoms. The van der Waals surface area contributed by atoms with Crippen LogP contribution in [-0.4, -0.2) is 6.36 Å². The van der Waals surface area contributed by atoms with Crippen LogP contribution in [0.2, 0.25) is 0 Å². The Hall–Kier alpha value is -1.53. The lowest BCUT2D eigenvalue weighted by Gasteiger charge is -2.13. The molecule has 0 amide bonds. The maximum atomic E-state index is 12.0. The third kappa shape index (κ3) is 4.54. The van der Waals surface area contributed by atoms with E-state index in [4.69, 9.17) is 5.73 Å². The van der Waals surface area contributed by atoms with E-state index in [1.807, 2.05) is 17.5 Å². The summed E-state index contributed by atoms with van der Waals surface area (Å²) in [5.41, 5.74) is 6.83. The molecular formula is C14H14F3NOS. The van der Waals surface area contributed by atoms with E-state index in [9.17, 15) is 13.2 Å². The van der Waals surface area contributed by atoms with Crippen molar-refractivity contribution in [3.8, 4) is 5.75 Å². The number of hydrogen-bond donors (Lipinski definition) is 1. The Labute approximate surface area is 119 Å². The molecule has 0 radical (unpaired) electrons. The molecule has 0 aliphatic rings. The fraction of sp³-hybridized carbons (Fsp3) is 0.286. The van der Waals surface area contributed by atoms with Crippen molar-refractivity contribution in [2.24, 2.45) is 5.73 Å². The van der Waals surface area contributed by atoms with Crippen molar-refractivity contribution in [1.29, 1.82) is 0 Å². The summed E-state index contributed by atoms with van der Waals surface area (Å²) in [6, 6.07) is 9.53. The van der Waals surface area contributed by atoms with Gasteiger partial charge in [-0.2, -0.15) is 0 Å². The molecular weight excluding hydrogens is 287 g/mol. The van der Waals surface area contributed by atoms with Crippen LogP contribution in [-0.2, 0) is 6.42 Å². The van der Waals surface area contributed by atoms with Gasteiger partial charge in [-0.05, 0) is 42.0 Å². The van der Waals surface area contributed by atoms with Gasteiger partial charge in [-0.3, -0.25) is 0 Å². The minimum absolute atomic E-state index is 0.197. The first-order chi connectivity index (χ1) is 9.44. The predicted molar refractivity (Wildman–Crippen MR) is 72.7 cm³/mol. The van der Waals surface area contributed by atoms with Crippen molar-refractivity contribution < 1.29 is 17.9 Å². The van der Waals surface area contributed by atoms with Gasteiger partial charge in [0.25, 0.3) is 0 Å². The van der Waals surface area contributed by atoms with Crippen molar-refractivity contribution >= 4 is 11.3 Å². The molecule has 0 fully saturated rings. The average Bonchev–Trinajstić information content (AvgIpc) is 2.88. The number of rotatable bonds is 5. The van der Waals surface area contributed by atoms with Crippen molar-refractivity contribution in [2.45, 2.75) is 25.2 Å². The molecule has 0 saturated carbocycles. The molecule has 108 valence electrons. The van der Waals surface area contributed by atoms with Crippen LogP contribution in [0.1, 0.15) is 22.9 Å². The van der Waals surface area contributed by atoms with Crippen LogP contribution in [0.25, 0.3) is 0 Å². The van der Waals surface area contributed by atoms with Crippen molar-refractivity contribution in [3.63, 3.8) is 0 Å². The maximum Gasteiger partial charge on any atom is 0.573 e. The summed E-state index contributed by atoms with van der Waals surface area (Å²) >= 11 is 1.67. The topological polar surface area (TPSA) is 35.2 Å². The molecule has 0 aliphatic carbocycles. The Bertz CT molecular complexity index is 522. The Morgan fingerprint density at radius 1 is 1.15 bits per heavy atom. The van der Waals surface area contributed by atoms with Crippen LogP contribution in [0.5, 0.6) is 5.75 Å². The maximum absolute atomic E-state index is 12.0. The van der Waals surface area contributed by atoms with E-state index < -0.39 is 6.36 Å². The van der Waals surface area contributed by atoms with E-state index >= 15 is 0 Å². The summed E-state index contributed by atoms with van der Waals surface area (Å²) in [4.78, 5) is 1.25. The molecule has 1 aromatic carbocycles. The van der Waals surface area contributed by atoms with Crippen LogP contribution in [0.3, 0.4) is 0 Å². The van der Waals surface area contributed by atoms with E-state index in [1.165, 1.54) is 17.0 Å². The molecule has 1 atom stereocenters. The molecule has 2 aromatic rings. The minimum Gasteiger partial charge on any atom is -0.406 e. The summed E-state index contributed by atoms with van der Waals surface area (Å²) in [7, 11) is 0. The van der Waals surface area contributed by atoms with Gasteiger partial charge in [-0.15, -0.1) is 24.5 Å². The van der Waals surface area contributed by atoms with Gasteiger partial charge in [0.1, 0.15) is 5.75 Å². The lowest BCUT2D eigenvalue weighted by molar-refractivity contribution is -0.274. The van der Waals surface area contributed by atoms with Crippen LogP contribution in [0, 0.1) is 0 Å². The number of benzene rings is 1. The monoisotopic (exact) mass is 301 g/mol. The van der Waals surface area contributed by atoms with Gasteiger partial charge in [0.05, 0.1) is 0 Å². The first-order valence-corrected chi connectivity index (χ1v) is 6.96. The number of ether oxygens (including phenoxy) is 1. The van der Waals surface area contributed by atoms with Crippen molar-refractivity contribution in [3.05, 3.63) is 52.2 Å². The Balaban J connectivity index is 1.91. The number of halogens is 3. The summed E-state index contributed by atoms with van der Waals surface area (Å²) in [5, 5.41) is 2.00. The minimum atomic E-state index is -4.66. The molecule has 1 heterocycles. The molecule has 0 aliphatic heterocycles. The van der Waals surface area contributed by atoms with Crippen LogP contribution in [0.15, 0.2) is 41.8 Å². The molecule has 0 saturated heterocycles. The van der Waals surface area contributed by atoms with Crippen molar-refractivity contribution in [2.75, 3.05) is 0 Å². The molecule has 2 N–H and O–H groups in total. The van der Waals surface area contributed by atoms with E-state index in [1.54, 1.807) is 23.5 Å². The fourth-order valence-corrected chi connectivity index (χ4v) is 2.56. The smallest absolute Gasteiger partial charge is 0.406 e. The lowest BCUT2D eigenvalue weighted by Crippen LogP contribution is -2.17. The highest BCUT2D eigenvalue weighted by Crippen LogP contribution is 2.25. The summed E-state index contributed by atoms with van der Waals surface area (Å²) in [6.45, 7) is 0. The first-order valence-electron chi connectivity index (χ1n) is 6.08. The SMILES string of the molecule is NC(CCc1cccs1)c1ccc(OC(F)(F)F)cc1. The summed E-state index contributed by atoms with van der Waals surface area (Å²) in [5.74, 6) is -0.230. The fourth-order valence-electron chi connectivity index (χ4n) is 1.84. The number of aryl methyl sites for hydroxylation is 1. The normalized spacial score (nSPS) is 13.2. The molecule has 1 aromatic heterocycles. The number of thiophene rings is 1. The molecule has 0 spiro atoms. The van der Waals surface area contributed by atoms with E-state index in [2.05, 4.69) is 4.74 Å². The highest BCUT2D eigenvalue weighted by molar-refractivity contribution is 7.09. The second-order valence-electron chi connectivity index (χ2n) is 4.34. The third-order valence-corrected chi connectivity index (χ3v) is 3.76. The molecule has 2 rings (SSSR count).